The molecule has 9 heteroatoms. The van der Waals surface area contributed by atoms with Gasteiger partial charge in [-0.3, -0.25) is 14.5 Å². The average molecular weight is 485 g/mol. The maximum atomic E-state index is 13.3. The second kappa shape index (κ2) is 10.8. The fourth-order valence-electron chi connectivity index (χ4n) is 4.48. The molecule has 1 N–H and O–H groups in total. The Morgan fingerprint density at radius 1 is 1.23 bits per heavy atom. The van der Waals surface area contributed by atoms with Crippen LogP contribution in [0.5, 0.6) is 5.75 Å². The summed E-state index contributed by atoms with van der Waals surface area (Å²) in [6.07, 6.45) is 2.48. The van der Waals surface area contributed by atoms with Crippen molar-refractivity contribution < 1.29 is 23.6 Å². The molecule has 2 amide bonds. The van der Waals surface area contributed by atoms with E-state index in [0.29, 0.717) is 35.9 Å². The number of methoxy groups -OCH3 is 1. The number of carbonyl (C=O) groups is 2. The van der Waals surface area contributed by atoms with Gasteiger partial charge in [-0.15, -0.1) is 0 Å². The van der Waals surface area contributed by atoms with Gasteiger partial charge in [0.25, 0.3) is 11.8 Å². The molecule has 35 heavy (non-hydrogen) atoms. The van der Waals surface area contributed by atoms with Gasteiger partial charge in [-0.05, 0) is 50.7 Å². The SMILES string of the molecule is CO[C@H]1CN(C)C(=O)c2ccc(NC(=O)c3cc(C)on3)cc2OC[C@H](C)N(CC2CC2)C[C@@H]1C. The Bertz CT molecular complexity index is 1050. The van der Waals surface area contributed by atoms with Crippen molar-refractivity contribution in [3.63, 3.8) is 0 Å². The van der Waals surface area contributed by atoms with Gasteiger partial charge in [0.05, 0.1) is 11.7 Å². The summed E-state index contributed by atoms with van der Waals surface area (Å²) in [5.74, 6) is 1.46. The molecule has 0 saturated heterocycles. The van der Waals surface area contributed by atoms with Gasteiger partial charge in [-0.2, -0.15) is 0 Å². The van der Waals surface area contributed by atoms with Crippen LogP contribution in [0.25, 0.3) is 0 Å². The van der Waals surface area contributed by atoms with Crippen molar-refractivity contribution in [1.82, 2.24) is 15.0 Å². The summed E-state index contributed by atoms with van der Waals surface area (Å²) >= 11 is 0. The summed E-state index contributed by atoms with van der Waals surface area (Å²) in [6.45, 7) is 8.90. The lowest BCUT2D eigenvalue weighted by Gasteiger charge is -2.36. The number of anilines is 1. The summed E-state index contributed by atoms with van der Waals surface area (Å²) in [5, 5.41) is 6.58. The molecule has 1 aromatic heterocycles. The maximum Gasteiger partial charge on any atom is 0.277 e. The Morgan fingerprint density at radius 3 is 2.66 bits per heavy atom. The Kier molecular flexibility index (Phi) is 7.76. The molecule has 1 fully saturated rings. The van der Waals surface area contributed by atoms with E-state index < -0.39 is 0 Å². The minimum atomic E-state index is -0.390. The normalized spacial score (nSPS) is 24.2. The molecule has 0 radical (unpaired) electrons. The minimum absolute atomic E-state index is 0.0777. The Balaban J connectivity index is 1.60. The topological polar surface area (TPSA) is 97.1 Å². The van der Waals surface area contributed by atoms with Crippen LogP contribution < -0.4 is 10.1 Å². The zero-order valence-electron chi connectivity index (χ0n) is 21.2. The third kappa shape index (κ3) is 6.21. The van der Waals surface area contributed by atoms with E-state index in [9.17, 15) is 9.59 Å². The van der Waals surface area contributed by atoms with E-state index in [1.807, 2.05) is 0 Å². The molecule has 190 valence electrons. The highest BCUT2D eigenvalue weighted by molar-refractivity contribution is 6.03. The van der Waals surface area contributed by atoms with Gasteiger partial charge in [0.15, 0.2) is 5.69 Å². The van der Waals surface area contributed by atoms with Crippen LogP contribution in [0.15, 0.2) is 28.8 Å². The van der Waals surface area contributed by atoms with Crippen molar-refractivity contribution in [1.29, 1.82) is 0 Å². The van der Waals surface area contributed by atoms with Crippen molar-refractivity contribution in [2.24, 2.45) is 11.8 Å². The number of aryl methyl sites for hydroxylation is 1. The van der Waals surface area contributed by atoms with Crippen LogP contribution >= 0.6 is 0 Å². The van der Waals surface area contributed by atoms with Crippen molar-refractivity contribution in [3.05, 3.63) is 41.3 Å². The summed E-state index contributed by atoms with van der Waals surface area (Å²) in [6, 6.07) is 6.82. The first-order valence-electron chi connectivity index (χ1n) is 12.3. The second-order valence-electron chi connectivity index (χ2n) is 9.98. The Labute approximate surface area is 206 Å². The van der Waals surface area contributed by atoms with Crippen molar-refractivity contribution in [2.75, 3.05) is 45.7 Å². The molecule has 3 atom stereocenters. The molecule has 1 aliphatic carbocycles. The molecule has 1 aliphatic heterocycles. The first-order chi connectivity index (χ1) is 16.7. The molecule has 1 saturated carbocycles. The zero-order valence-corrected chi connectivity index (χ0v) is 21.2. The summed E-state index contributed by atoms with van der Waals surface area (Å²) in [5.41, 5.74) is 1.16. The van der Waals surface area contributed by atoms with E-state index in [1.54, 1.807) is 50.2 Å². The summed E-state index contributed by atoms with van der Waals surface area (Å²) < 4.78 is 17.0. The van der Waals surface area contributed by atoms with E-state index in [-0.39, 0.29) is 35.6 Å². The van der Waals surface area contributed by atoms with Crippen molar-refractivity contribution in [3.8, 4) is 5.75 Å². The van der Waals surface area contributed by atoms with Gasteiger partial charge in [0.1, 0.15) is 18.1 Å². The smallest absolute Gasteiger partial charge is 0.277 e. The second-order valence-corrected chi connectivity index (χ2v) is 9.98. The van der Waals surface area contributed by atoms with Gasteiger partial charge in [-0.25, -0.2) is 0 Å². The highest BCUT2D eigenvalue weighted by atomic mass is 16.5. The van der Waals surface area contributed by atoms with Crippen LogP contribution in [-0.4, -0.2) is 79.3 Å². The first-order valence-corrected chi connectivity index (χ1v) is 12.3. The minimum Gasteiger partial charge on any atom is -0.491 e. The number of carbonyl (C=O) groups excluding carboxylic acids is 2. The number of aromatic nitrogens is 1. The van der Waals surface area contributed by atoms with Crippen LogP contribution in [0.2, 0.25) is 0 Å². The molecule has 9 nitrogen and oxygen atoms in total. The number of fused-ring (bicyclic) bond motifs is 1. The Morgan fingerprint density at radius 2 is 2.00 bits per heavy atom. The predicted octanol–water partition coefficient (Wildman–Crippen LogP) is 3.45. The first kappa shape index (κ1) is 25.2. The van der Waals surface area contributed by atoms with Gasteiger partial charge < -0.3 is 24.2 Å². The maximum absolute atomic E-state index is 13.3. The number of hydrogen-bond donors (Lipinski definition) is 1. The average Bonchev–Trinajstić information content (AvgIpc) is 3.55. The predicted molar refractivity (Wildman–Crippen MR) is 132 cm³/mol. The quantitative estimate of drug-likeness (QED) is 0.694. The van der Waals surface area contributed by atoms with Crippen LogP contribution in [0, 0.1) is 18.8 Å². The van der Waals surface area contributed by atoms with Crippen LogP contribution in [-0.2, 0) is 4.74 Å². The van der Waals surface area contributed by atoms with E-state index in [2.05, 4.69) is 29.2 Å². The van der Waals surface area contributed by atoms with E-state index in [0.717, 1.165) is 19.0 Å². The molecule has 0 unspecified atom stereocenters. The van der Waals surface area contributed by atoms with Crippen molar-refractivity contribution in [2.45, 2.75) is 45.8 Å². The summed E-state index contributed by atoms with van der Waals surface area (Å²) in [7, 11) is 3.49. The number of ether oxygens (including phenoxy) is 2. The standard InChI is InChI=1S/C26H36N4O5/c1-16-12-30(13-19-6-7-19)17(2)15-34-23-11-20(27-25(31)22-10-18(3)35-28-22)8-9-21(23)26(32)29(4)14-24(16)33-5/h8-11,16-17,19,24H,6-7,12-15H2,1-5H3,(H,27,31)/t16-,17-,24-/m0/s1. The Hall–Kier alpha value is -2.91. The third-order valence-corrected chi connectivity index (χ3v) is 6.88. The molecule has 2 aromatic rings. The van der Waals surface area contributed by atoms with E-state index in [1.165, 1.54) is 12.8 Å². The molecule has 2 aliphatic rings. The molecule has 0 bridgehead atoms. The van der Waals surface area contributed by atoms with Crippen molar-refractivity contribution >= 4 is 17.5 Å². The van der Waals surface area contributed by atoms with Gasteiger partial charge in [0, 0.05) is 57.7 Å². The highest BCUT2D eigenvalue weighted by Crippen LogP contribution is 2.32. The fourth-order valence-corrected chi connectivity index (χ4v) is 4.48. The molecule has 4 rings (SSSR count). The number of likely N-dealkylation sites (N-methyl/N-ethyl adjacent to an activating group) is 1. The number of benzene rings is 1. The number of nitrogens with one attached hydrogen (secondary N) is 1. The highest BCUT2D eigenvalue weighted by Gasteiger charge is 2.31. The third-order valence-electron chi connectivity index (χ3n) is 6.88. The molecule has 1 aromatic carbocycles. The lowest BCUT2D eigenvalue weighted by molar-refractivity contribution is 0.00994. The lowest BCUT2D eigenvalue weighted by Crippen LogP contribution is -2.47. The van der Waals surface area contributed by atoms with E-state index >= 15 is 0 Å². The summed E-state index contributed by atoms with van der Waals surface area (Å²) in [4.78, 5) is 30.1. The number of amides is 2. The van der Waals surface area contributed by atoms with Gasteiger partial charge >= 0.3 is 0 Å². The number of rotatable bonds is 5. The monoisotopic (exact) mass is 484 g/mol. The zero-order chi connectivity index (χ0) is 25.1. The fraction of sp³-hybridized carbons (Fsp3) is 0.577. The molecule has 0 spiro atoms. The van der Waals surface area contributed by atoms with Gasteiger partial charge in [-0.1, -0.05) is 12.1 Å². The van der Waals surface area contributed by atoms with E-state index in [4.69, 9.17) is 14.0 Å². The van der Waals surface area contributed by atoms with Crippen LogP contribution in [0.4, 0.5) is 5.69 Å². The van der Waals surface area contributed by atoms with Gasteiger partial charge in [0.2, 0.25) is 0 Å². The molecular weight excluding hydrogens is 448 g/mol. The van der Waals surface area contributed by atoms with Crippen LogP contribution in [0.3, 0.4) is 0 Å². The molecule has 2 heterocycles. The molecular formula is C26H36N4O5. The lowest BCUT2D eigenvalue weighted by atomic mass is 10.0. The largest absolute Gasteiger partial charge is 0.491 e. The number of hydrogen-bond acceptors (Lipinski definition) is 7. The van der Waals surface area contributed by atoms with Crippen LogP contribution in [0.1, 0.15) is 53.3 Å². The number of nitrogens with zero attached hydrogens (tertiary/aromatic N) is 3.